The fraction of sp³-hybridized carbons (Fsp3) is 0. The van der Waals surface area contributed by atoms with Gasteiger partial charge in [-0.05, 0) is 36.4 Å². The van der Waals surface area contributed by atoms with Crippen molar-refractivity contribution in [2.75, 3.05) is 5.32 Å². The molecule has 5 heteroatoms. The summed E-state index contributed by atoms with van der Waals surface area (Å²) < 4.78 is 13.1. The molecule has 0 amide bonds. The number of hydrogen-bond acceptors (Lipinski definition) is 3. The van der Waals surface area contributed by atoms with Crippen LogP contribution in [0.2, 0.25) is 5.02 Å². The van der Waals surface area contributed by atoms with Crippen LogP contribution in [0.25, 0.3) is 11.3 Å². The number of benzene rings is 2. The number of nitrogens with one attached hydrogen (secondary N) is 1. The fourth-order valence-electron chi connectivity index (χ4n) is 1.92. The maximum absolute atomic E-state index is 13.1. The Morgan fingerprint density at radius 2 is 1.81 bits per heavy atom. The van der Waals surface area contributed by atoms with Gasteiger partial charge in [0.2, 0.25) is 5.95 Å². The summed E-state index contributed by atoms with van der Waals surface area (Å²) in [7, 11) is 0. The first kappa shape index (κ1) is 13.5. The summed E-state index contributed by atoms with van der Waals surface area (Å²) in [6.45, 7) is 0. The van der Waals surface area contributed by atoms with Crippen LogP contribution in [-0.2, 0) is 0 Å². The number of anilines is 2. The molecule has 0 saturated carbocycles. The standard InChI is InChI=1S/C16H11ClFN3/c17-14-10-11(18)6-7-13(14)15-8-9-19-16(21-15)20-12-4-2-1-3-5-12/h1-10H,(H,19,20,21). The average Bonchev–Trinajstić information content (AvgIpc) is 2.48. The molecule has 1 N–H and O–H groups in total. The van der Waals surface area contributed by atoms with Gasteiger partial charge in [0.05, 0.1) is 10.7 Å². The minimum atomic E-state index is -0.375. The molecular weight excluding hydrogens is 289 g/mol. The van der Waals surface area contributed by atoms with Crippen LogP contribution >= 0.6 is 11.6 Å². The molecule has 1 heterocycles. The van der Waals surface area contributed by atoms with E-state index >= 15 is 0 Å². The van der Waals surface area contributed by atoms with Crippen LogP contribution < -0.4 is 5.32 Å². The Morgan fingerprint density at radius 3 is 2.57 bits per heavy atom. The number of nitrogens with zero attached hydrogens (tertiary/aromatic N) is 2. The van der Waals surface area contributed by atoms with Gasteiger partial charge in [-0.2, -0.15) is 0 Å². The lowest BCUT2D eigenvalue weighted by Crippen LogP contribution is -1.97. The van der Waals surface area contributed by atoms with E-state index in [9.17, 15) is 4.39 Å². The van der Waals surface area contributed by atoms with Crippen molar-refractivity contribution in [1.82, 2.24) is 9.97 Å². The first-order valence-electron chi connectivity index (χ1n) is 6.33. The second-order valence-corrected chi connectivity index (χ2v) is 4.79. The summed E-state index contributed by atoms with van der Waals surface area (Å²) in [5, 5.41) is 3.42. The minimum Gasteiger partial charge on any atom is -0.324 e. The monoisotopic (exact) mass is 299 g/mol. The van der Waals surface area contributed by atoms with Crippen molar-refractivity contribution in [2.24, 2.45) is 0 Å². The molecule has 0 bridgehead atoms. The highest BCUT2D eigenvalue weighted by Gasteiger charge is 2.07. The first-order valence-corrected chi connectivity index (χ1v) is 6.71. The molecule has 0 atom stereocenters. The molecule has 104 valence electrons. The predicted molar refractivity (Wildman–Crippen MR) is 82.2 cm³/mol. The normalized spacial score (nSPS) is 10.4. The van der Waals surface area contributed by atoms with Gasteiger partial charge < -0.3 is 5.32 Å². The lowest BCUT2D eigenvalue weighted by Gasteiger charge is -2.07. The summed E-state index contributed by atoms with van der Waals surface area (Å²) in [4.78, 5) is 8.57. The van der Waals surface area contributed by atoms with Gasteiger partial charge in [-0.15, -0.1) is 0 Å². The molecule has 0 saturated heterocycles. The SMILES string of the molecule is Fc1ccc(-c2ccnc(Nc3ccccc3)n2)c(Cl)c1. The molecule has 0 aliphatic rings. The topological polar surface area (TPSA) is 37.8 Å². The Labute approximate surface area is 126 Å². The highest BCUT2D eigenvalue weighted by Crippen LogP contribution is 2.27. The van der Waals surface area contributed by atoms with Crippen molar-refractivity contribution in [1.29, 1.82) is 0 Å². The highest BCUT2D eigenvalue weighted by atomic mass is 35.5. The zero-order valence-electron chi connectivity index (χ0n) is 10.9. The lowest BCUT2D eigenvalue weighted by atomic mass is 10.1. The quantitative estimate of drug-likeness (QED) is 0.763. The smallest absolute Gasteiger partial charge is 0.227 e. The van der Waals surface area contributed by atoms with Crippen molar-refractivity contribution >= 4 is 23.2 Å². The third-order valence-corrected chi connectivity index (χ3v) is 3.21. The van der Waals surface area contributed by atoms with Crippen LogP contribution in [0.5, 0.6) is 0 Å². The van der Waals surface area contributed by atoms with E-state index in [1.807, 2.05) is 30.3 Å². The molecular formula is C16H11ClFN3. The maximum Gasteiger partial charge on any atom is 0.227 e. The number of hydrogen-bond donors (Lipinski definition) is 1. The molecule has 0 aliphatic heterocycles. The zero-order chi connectivity index (χ0) is 14.7. The number of aromatic nitrogens is 2. The third kappa shape index (κ3) is 3.17. The van der Waals surface area contributed by atoms with Gasteiger partial charge in [-0.25, -0.2) is 14.4 Å². The Balaban J connectivity index is 1.93. The zero-order valence-corrected chi connectivity index (χ0v) is 11.7. The van der Waals surface area contributed by atoms with Gasteiger partial charge in [-0.3, -0.25) is 0 Å². The Hall–Kier alpha value is -2.46. The van der Waals surface area contributed by atoms with Gasteiger partial charge in [0.1, 0.15) is 5.82 Å². The van der Waals surface area contributed by atoms with Crippen molar-refractivity contribution in [3.05, 3.63) is 71.6 Å². The maximum atomic E-state index is 13.1. The van der Waals surface area contributed by atoms with E-state index in [1.165, 1.54) is 12.1 Å². The van der Waals surface area contributed by atoms with Crippen LogP contribution in [0.1, 0.15) is 0 Å². The lowest BCUT2D eigenvalue weighted by molar-refractivity contribution is 0.628. The van der Waals surface area contributed by atoms with Gasteiger partial charge in [0.25, 0.3) is 0 Å². The number of halogens is 2. The molecule has 0 aliphatic carbocycles. The van der Waals surface area contributed by atoms with Crippen molar-refractivity contribution in [3.8, 4) is 11.3 Å². The highest BCUT2D eigenvalue weighted by molar-refractivity contribution is 6.33. The van der Waals surface area contributed by atoms with Crippen LogP contribution in [0.4, 0.5) is 16.0 Å². The van der Waals surface area contributed by atoms with Gasteiger partial charge >= 0.3 is 0 Å². The van der Waals surface area contributed by atoms with Crippen molar-refractivity contribution in [3.63, 3.8) is 0 Å². The molecule has 3 aromatic rings. The molecule has 3 rings (SSSR count). The molecule has 0 radical (unpaired) electrons. The second kappa shape index (κ2) is 5.89. The molecule has 0 unspecified atom stereocenters. The summed E-state index contributed by atoms with van der Waals surface area (Å²) in [6, 6.07) is 15.6. The largest absolute Gasteiger partial charge is 0.324 e. The summed E-state index contributed by atoms with van der Waals surface area (Å²) >= 11 is 6.06. The summed E-state index contributed by atoms with van der Waals surface area (Å²) in [5.74, 6) is 0.0829. The molecule has 1 aromatic heterocycles. The van der Waals surface area contributed by atoms with Crippen LogP contribution in [-0.4, -0.2) is 9.97 Å². The summed E-state index contributed by atoms with van der Waals surface area (Å²) in [5.41, 5.74) is 2.19. The average molecular weight is 300 g/mol. The van der Waals surface area contributed by atoms with E-state index < -0.39 is 0 Å². The Bertz CT molecular complexity index is 762. The van der Waals surface area contributed by atoms with E-state index in [1.54, 1.807) is 18.3 Å². The third-order valence-electron chi connectivity index (χ3n) is 2.89. The Morgan fingerprint density at radius 1 is 1.00 bits per heavy atom. The van der Waals surface area contributed by atoms with E-state index in [0.717, 1.165) is 5.69 Å². The van der Waals surface area contributed by atoms with Crippen molar-refractivity contribution in [2.45, 2.75) is 0 Å². The van der Waals surface area contributed by atoms with Gasteiger partial charge in [-0.1, -0.05) is 29.8 Å². The summed E-state index contributed by atoms with van der Waals surface area (Å²) in [6.07, 6.45) is 1.63. The van der Waals surface area contributed by atoms with Crippen molar-refractivity contribution < 1.29 is 4.39 Å². The van der Waals surface area contributed by atoms with E-state index in [2.05, 4.69) is 15.3 Å². The van der Waals surface area contributed by atoms with E-state index in [4.69, 9.17) is 11.6 Å². The van der Waals surface area contributed by atoms with Gasteiger partial charge in [0.15, 0.2) is 0 Å². The first-order chi connectivity index (χ1) is 10.2. The minimum absolute atomic E-state index is 0.319. The van der Waals surface area contributed by atoms with Gasteiger partial charge in [0, 0.05) is 17.4 Å². The molecule has 0 fully saturated rings. The second-order valence-electron chi connectivity index (χ2n) is 4.38. The van der Waals surface area contributed by atoms with Crippen LogP contribution in [0.3, 0.4) is 0 Å². The van der Waals surface area contributed by atoms with Crippen LogP contribution in [0, 0.1) is 5.82 Å². The van der Waals surface area contributed by atoms with Crippen LogP contribution in [0.15, 0.2) is 60.8 Å². The number of para-hydroxylation sites is 1. The van der Waals surface area contributed by atoms with E-state index in [0.29, 0.717) is 22.2 Å². The van der Waals surface area contributed by atoms with E-state index in [-0.39, 0.29) is 5.82 Å². The number of rotatable bonds is 3. The predicted octanol–water partition coefficient (Wildman–Crippen LogP) is 4.68. The fourth-order valence-corrected chi connectivity index (χ4v) is 2.18. The molecule has 2 aromatic carbocycles. The molecule has 21 heavy (non-hydrogen) atoms. The Kier molecular flexibility index (Phi) is 3.79. The molecule has 0 spiro atoms. The molecule has 3 nitrogen and oxygen atoms in total.